The van der Waals surface area contributed by atoms with Gasteiger partial charge in [0.1, 0.15) is 17.7 Å². The maximum atomic E-state index is 15.2. The minimum Gasteiger partial charge on any atom is -0.484 e. The van der Waals surface area contributed by atoms with E-state index in [1.165, 1.54) is 12.5 Å². The van der Waals surface area contributed by atoms with E-state index in [1.807, 2.05) is 67.8 Å². The van der Waals surface area contributed by atoms with Gasteiger partial charge in [0.15, 0.2) is 11.5 Å². The summed E-state index contributed by atoms with van der Waals surface area (Å²) in [5.41, 5.74) is 3.94. The third-order valence-electron chi connectivity index (χ3n) is 12.1. The summed E-state index contributed by atoms with van der Waals surface area (Å²) in [4.78, 5) is 38.6. The van der Waals surface area contributed by atoms with Crippen LogP contribution in [0.3, 0.4) is 0 Å². The van der Waals surface area contributed by atoms with E-state index in [4.69, 9.17) is 14.7 Å². The summed E-state index contributed by atoms with van der Waals surface area (Å²) in [5, 5.41) is 17.9. The Hall–Kier alpha value is -5.54. The molecule has 59 heavy (non-hydrogen) atoms. The lowest BCUT2D eigenvalue weighted by atomic mass is 9.85. The van der Waals surface area contributed by atoms with Crippen molar-refractivity contribution in [1.29, 1.82) is 0 Å². The second-order valence-corrected chi connectivity index (χ2v) is 17.4. The summed E-state index contributed by atoms with van der Waals surface area (Å²) in [6.45, 7) is 12.0. The first-order valence-electron chi connectivity index (χ1n) is 20.7. The molecule has 3 aromatic heterocycles. The van der Waals surface area contributed by atoms with E-state index in [1.54, 1.807) is 22.9 Å². The van der Waals surface area contributed by atoms with E-state index < -0.39 is 17.5 Å². The lowest BCUT2D eigenvalue weighted by molar-refractivity contribution is -0.129. The van der Waals surface area contributed by atoms with Crippen molar-refractivity contribution in [2.45, 2.75) is 95.9 Å². The molecule has 5 aromatic rings. The summed E-state index contributed by atoms with van der Waals surface area (Å²) >= 11 is 0. The first-order chi connectivity index (χ1) is 28.4. The number of benzene rings is 2. The van der Waals surface area contributed by atoms with Crippen LogP contribution in [-0.4, -0.2) is 99.0 Å². The summed E-state index contributed by atoms with van der Waals surface area (Å²) in [6.07, 6.45) is 6.84. The first-order valence-corrected chi connectivity index (χ1v) is 20.7. The highest BCUT2D eigenvalue weighted by atomic mass is 19.1. The number of hydrogen-bond donors (Lipinski definition) is 1. The molecule has 8 rings (SSSR count). The van der Waals surface area contributed by atoms with Gasteiger partial charge in [-0.2, -0.15) is 5.10 Å². The van der Waals surface area contributed by atoms with Crippen LogP contribution in [0.4, 0.5) is 21.0 Å². The smallest absolute Gasteiger partial charge is 0.357 e. The van der Waals surface area contributed by atoms with Crippen molar-refractivity contribution in [3.8, 4) is 11.4 Å². The number of likely N-dealkylation sites (tertiary alicyclic amines) is 1. The number of rotatable bonds is 12. The predicted molar refractivity (Wildman–Crippen MR) is 223 cm³/mol. The number of fused-ring (bicyclic) bond motifs is 2. The molecule has 1 aliphatic carbocycles. The molecular formula is C44H55FN10O4. The highest BCUT2D eigenvalue weighted by molar-refractivity contribution is 5.90. The summed E-state index contributed by atoms with van der Waals surface area (Å²) in [7, 11) is 4.15. The molecule has 0 unspecified atom stereocenters. The van der Waals surface area contributed by atoms with Crippen LogP contribution in [0, 0.1) is 5.82 Å². The zero-order valence-corrected chi connectivity index (χ0v) is 34.8. The number of hydrogen-bond acceptors (Lipinski definition) is 10. The van der Waals surface area contributed by atoms with E-state index in [2.05, 4.69) is 51.2 Å². The molecule has 2 aliphatic heterocycles. The average molecular weight is 807 g/mol. The van der Waals surface area contributed by atoms with Gasteiger partial charge in [-0.3, -0.25) is 14.1 Å². The molecule has 5 heterocycles. The molecule has 0 radical (unpaired) electrons. The molecule has 2 fully saturated rings. The topological polar surface area (TPSA) is 126 Å². The van der Waals surface area contributed by atoms with Crippen molar-refractivity contribution in [3.63, 3.8) is 0 Å². The van der Waals surface area contributed by atoms with Crippen molar-refractivity contribution in [1.82, 2.24) is 39.5 Å². The SMILES string of the molecule is C[C@H]1CCCCN1c1nnc2ccc(O[C@@H]3CC[C@H](NC(=O)N(OC=O)c4cc(C(C)(C)C)nn4-c4ccc(F)c(CCN5CC(N(C)C)C5)c4)c4ccccc43)cn12. The van der Waals surface area contributed by atoms with Gasteiger partial charge in [-0.25, -0.2) is 13.9 Å². The molecular weight excluding hydrogens is 752 g/mol. The minimum atomic E-state index is -0.647. The monoisotopic (exact) mass is 806 g/mol. The van der Waals surface area contributed by atoms with Crippen molar-refractivity contribution >= 4 is 29.9 Å². The summed E-state index contributed by atoms with van der Waals surface area (Å²) in [6, 6.07) is 18.1. The quantitative estimate of drug-likeness (QED) is 0.107. The molecule has 2 amide bonds. The van der Waals surface area contributed by atoms with Crippen molar-refractivity contribution in [2.24, 2.45) is 0 Å². The number of hydroxylamine groups is 1. The highest BCUT2D eigenvalue weighted by Gasteiger charge is 2.34. The van der Waals surface area contributed by atoms with Gasteiger partial charge in [-0.1, -0.05) is 45.0 Å². The standard InChI is InChI=1S/C44H55FN10O4/c1-29-11-9-10-21-52(29)42-48-47-40-19-15-33(27-53(40)42)59-38-18-17-37(34-12-7-8-13-35(34)38)46-43(57)55(58-28-56)41-24-39(44(2,3)4)49-54(41)31-14-16-36(45)30(23-31)20-22-51-25-32(26-51)50(5)6/h7-8,12-16,19,23-24,27-29,32,37-38H,9-11,17-18,20-22,25-26H2,1-6H3,(H,46,57)/t29-,37-,38+/m0/s1. The second-order valence-electron chi connectivity index (χ2n) is 17.4. The van der Waals surface area contributed by atoms with Gasteiger partial charge >= 0.3 is 12.5 Å². The van der Waals surface area contributed by atoms with Crippen molar-refractivity contribution < 1.29 is 23.6 Å². The van der Waals surface area contributed by atoms with Gasteiger partial charge in [-0.15, -0.1) is 15.3 Å². The molecule has 0 saturated carbocycles. The van der Waals surface area contributed by atoms with E-state index >= 15 is 4.39 Å². The largest absolute Gasteiger partial charge is 0.484 e. The van der Waals surface area contributed by atoms with E-state index in [0.717, 1.165) is 66.8 Å². The van der Waals surface area contributed by atoms with Gasteiger partial charge < -0.3 is 24.7 Å². The molecule has 312 valence electrons. The van der Waals surface area contributed by atoms with Crippen LogP contribution in [0.25, 0.3) is 11.3 Å². The molecule has 2 aromatic carbocycles. The Bertz CT molecular complexity index is 2300. The van der Waals surface area contributed by atoms with Gasteiger partial charge in [-0.05, 0) is 107 Å². The fourth-order valence-electron chi connectivity index (χ4n) is 8.45. The molecule has 1 N–H and O–H groups in total. The highest BCUT2D eigenvalue weighted by Crippen LogP contribution is 2.40. The van der Waals surface area contributed by atoms with Crippen LogP contribution < -0.4 is 20.0 Å². The number of aromatic nitrogens is 5. The predicted octanol–water partition coefficient (Wildman–Crippen LogP) is 6.78. The fraction of sp³-hybridized carbons (Fsp3) is 0.477. The third-order valence-corrected chi connectivity index (χ3v) is 12.1. The lowest BCUT2D eigenvalue weighted by Crippen LogP contribution is -2.57. The van der Waals surface area contributed by atoms with Crippen molar-refractivity contribution in [2.75, 3.05) is 50.2 Å². The number of anilines is 2. The van der Waals surface area contributed by atoms with Gasteiger partial charge in [0.2, 0.25) is 5.95 Å². The Morgan fingerprint density at radius 3 is 2.54 bits per heavy atom. The number of ether oxygens (including phenoxy) is 1. The number of urea groups is 1. The Kier molecular flexibility index (Phi) is 11.3. The molecule has 3 aliphatic rings. The van der Waals surface area contributed by atoms with Crippen LogP contribution in [0.15, 0.2) is 66.9 Å². The zero-order chi connectivity index (χ0) is 41.4. The Labute approximate surface area is 344 Å². The number of nitrogens with zero attached hydrogens (tertiary/aromatic N) is 9. The molecule has 0 bridgehead atoms. The molecule has 15 heteroatoms. The Morgan fingerprint density at radius 2 is 1.80 bits per heavy atom. The number of carbonyl (C=O) groups excluding carboxylic acids is 2. The number of likely N-dealkylation sites (N-methyl/N-ethyl adjacent to an activating group) is 1. The van der Waals surface area contributed by atoms with Gasteiger partial charge in [0.05, 0.1) is 23.6 Å². The maximum Gasteiger partial charge on any atom is 0.357 e. The van der Waals surface area contributed by atoms with Gasteiger partial charge in [0, 0.05) is 49.7 Å². The zero-order valence-electron chi connectivity index (χ0n) is 34.8. The molecule has 14 nitrogen and oxygen atoms in total. The molecule has 3 atom stereocenters. The summed E-state index contributed by atoms with van der Waals surface area (Å²) < 4.78 is 25.5. The number of nitrogens with one attached hydrogen (secondary N) is 1. The van der Waals surface area contributed by atoms with Crippen LogP contribution in [0.2, 0.25) is 0 Å². The third kappa shape index (κ3) is 8.35. The van der Waals surface area contributed by atoms with Crippen LogP contribution in [0.1, 0.15) is 94.3 Å². The van der Waals surface area contributed by atoms with Crippen LogP contribution in [-0.2, 0) is 21.5 Å². The fourth-order valence-corrected chi connectivity index (χ4v) is 8.45. The van der Waals surface area contributed by atoms with E-state index in [0.29, 0.717) is 54.0 Å². The number of halogens is 1. The van der Waals surface area contributed by atoms with E-state index in [9.17, 15) is 9.59 Å². The number of pyridine rings is 1. The number of amides is 2. The summed E-state index contributed by atoms with van der Waals surface area (Å²) in [5.74, 6) is 1.42. The Balaban J connectivity index is 1.02. The average Bonchev–Trinajstić information content (AvgIpc) is 3.83. The number of carbonyl (C=O) groups is 2. The number of piperidine rings is 1. The molecule has 0 spiro atoms. The molecule has 2 saturated heterocycles. The minimum absolute atomic E-state index is 0.210. The van der Waals surface area contributed by atoms with Crippen molar-refractivity contribution in [3.05, 3.63) is 95.1 Å². The lowest BCUT2D eigenvalue weighted by Gasteiger charge is -2.42. The van der Waals surface area contributed by atoms with Crippen LogP contribution >= 0.6 is 0 Å². The maximum absolute atomic E-state index is 15.2. The van der Waals surface area contributed by atoms with Crippen LogP contribution in [0.5, 0.6) is 5.75 Å². The van der Waals surface area contributed by atoms with Gasteiger partial charge in [0.25, 0.3) is 0 Å². The second kappa shape index (κ2) is 16.6. The Morgan fingerprint density at radius 1 is 1.00 bits per heavy atom. The first kappa shape index (κ1) is 40.2. The normalized spacial score (nSPS) is 20.0. The van der Waals surface area contributed by atoms with E-state index in [-0.39, 0.29) is 24.2 Å².